The second kappa shape index (κ2) is 10.7. The summed E-state index contributed by atoms with van der Waals surface area (Å²) in [6.45, 7) is 4.75. The number of hydrogen-bond donors (Lipinski definition) is 0. The fraction of sp³-hybridized carbons (Fsp3) is 0.571. The largest absolute Gasteiger partial charge is 0.744 e. The van der Waals surface area contributed by atoms with Crippen molar-refractivity contribution in [2.45, 2.75) is 29.2 Å². The average molecular weight is 473 g/mol. The first-order valence-electron chi connectivity index (χ1n) is 7.72. The number of nitro benzene ring substituents is 3. The Hall–Kier alpha value is -1.97. The van der Waals surface area contributed by atoms with Crippen LogP contribution in [-0.4, -0.2) is 63.3 Å². The van der Waals surface area contributed by atoms with Crippen molar-refractivity contribution in [1.29, 1.82) is 0 Å². The standard InChI is InChI=1S/C8H20S2.C6H3N3O9S/c1-7(9(3)4)8(2)10(5)6;10-7(11)3-1-4(8(12)13)6(19(16,17)18)5(2-3)9(14)15/h7-8H,1-6H3;1-2H,(H,16,17,18)/q+2;/p-1. The van der Waals surface area contributed by atoms with E-state index in [1.54, 1.807) is 0 Å². The Kier molecular flexibility index (Phi) is 9.98. The molecule has 164 valence electrons. The lowest BCUT2D eigenvalue weighted by Crippen LogP contribution is -2.33. The molecule has 0 radical (unpaired) electrons. The van der Waals surface area contributed by atoms with Gasteiger partial charge in [-0.15, -0.1) is 0 Å². The monoisotopic (exact) mass is 472 g/mol. The van der Waals surface area contributed by atoms with Crippen LogP contribution >= 0.6 is 0 Å². The summed E-state index contributed by atoms with van der Waals surface area (Å²) in [5.41, 5.74) is -4.11. The first-order chi connectivity index (χ1) is 13.0. The van der Waals surface area contributed by atoms with Gasteiger partial charge in [0.25, 0.3) is 5.69 Å². The maximum absolute atomic E-state index is 10.8. The summed E-state index contributed by atoms with van der Waals surface area (Å²) in [5, 5.41) is 33.4. The smallest absolute Gasteiger partial charge is 0.300 e. The zero-order valence-electron chi connectivity index (χ0n) is 16.6. The van der Waals surface area contributed by atoms with E-state index in [0.717, 1.165) is 10.5 Å². The third-order valence-electron chi connectivity index (χ3n) is 4.04. The van der Waals surface area contributed by atoms with Crippen LogP contribution in [0.3, 0.4) is 0 Å². The van der Waals surface area contributed by atoms with E-state index < -0.39 is 46.8 Å². The number of nitro groups is 3. The van der Waals surface area contributed by atoms with Crippen LogP contribution in [0.5, 0.6) is 0 Å². The quantitative estimate of drug-likeness (QED) is 0.247. The van der Waals surface area contributed by atoms with Crippen LogP contribution in [0.1, 0.15) is 13.8 Å². The van der Waals surface area contributed by atoms with Gasteiger partial charge in [-0.25, -0.2) is 8.42 Å². The molecule has 29 heavy (non-hydrogen) atoms. The third-order valence-corrected chi connectivity index (χ3v) is 8.92. The Labute approximate surface area is 173 Å². The van der Waals surface area contributed by atoms with Crippen LogP contribution in [0.4, 0.5) is 17.1 Å². The summed E-state index contributed by atoms with van der Waals surface area (Å²) >= 11 is 0. The fourth-order valence-electron chi connectivity index (χ4n) is 1.98. The van der Waals surface area contributed by atoms with Gasteiger partial charge in [-0.1, -0.05) is 0 Å². The van der Waals surface area contributed by atoms with Gasteiger partial charge >= 0.3 is 11.4 Å². The molecule has 2 unspecified atom stereocenters. The van der Waals surface area contributed by atoms with Crippen LogP contribution < -0.4 is 0 Å². The van der Waals surface area contributed by atoms with Gasteiger partial charge in [-0.3, -0.25) is 30.3 Å². The minimum Gasteiger partial charge on any atom is -0.744 e. The first kappa shape index (κ1) is 27.0. The van der Waals surface area contributed by atoms with E-state index in [1.165, 1.54) is 0 Å². The van der Waals surface area contributed by atoms with Crippen molar-refractivity contribution >= 4 is 49.0 Å². The number of nitrogens with zero attached hydrogens (tertiary/aromatic N) is 3. The molecule has 0 heterocycles. The number of non-ortho nitro benzene ring substituents is 1. The van der Waals surface area contributed by atoms with E-state index in [-0.39, 0.29) is 12.1 Å². The van der Waals surface area contributed by atoms with Gasteiger partial charge in [0.2, 0.25) is 4.90 Å². The normalized spacial score (nSPS) is 13.4. The Balaban J connectivity index is 0.000000665. The summed E-state index contributed by atoms with van der Waals surface area (Å²) in [5.74, 6) is 0. The van der Waals surface area contributed by atoms with Crippen LogP contribution in [0, 0.1) is 30.3 Å². The maximum atomic E-state index is 10.8. The van der Waals surface area contributed by atoms with Crippen LogP contribution in [0.15, 0.2) is 17.0 Å². The van der Waals surface area contributed by atoms with E-state index >= 15 is 0 Å². The van der Waals surface area contributed by atoms with Gasteiger partial charge < -0.3 is 4.55 Å². The lowest BCUT2D eigenvalue weighted by molar-refractivity contribution is -0.407. The van der Waals surface area contributed by atoms with Crippen molar-refractivity contribution in [3.8, 4) is 0 Å². The number of rotatable bonds is 7. The third kappa shape index (κ3) is 7.75. The second-order valence-corrected chi connectivity index (χ2v) is 12.5. The molecule has 0 fully saturated rings. The molecule has 0 saturated carbocycles. The zero-order valence-corrected chi connectivity index (χ0v) is 19.0. The molecule has 1 aromatic carbocycles. The van der Waals surface area contributed by atoms with E-state index in [9.17, 15) is 43.3 Å². The van der Waals surface area contributed by atoms with Crippen LogP contribution in [0.25, 0.3) is 0 Å². The lowest BCUT2D eigenvalue weighted by Gasteiger charge is -2.13. The molecule has 0 aromatic heterocycles. The molecule has 0 spiro atoms. The predicted octanol–water partition coefficient (Wildman–Crippen LogP) is 1.83. The molecule has 0 saturated heterocycles. The summed E-state index contributed by atoms with van der Waals surface area (Å²) in [6.07, 6.45) is 9.37. The predicted molar refractivity (Wildman–Crippen MR) is 112 cm³/mol. The molecule has 0 aliphatic carbocycles. The van der Waals surface area contributed by atoms with Gasteiger partial charge in [-0.05, 0) is 35.6 Å². The first-order valence-corrected chi connectivity index (χ1v) is 13.3. The van der Waals surface area contributed by atoms with Gasteiger partial charge in [0.15, 0.2) is 10.5 Å². The molecular weight excluding hydrogens is 450 g/mol. The highest BCUT2D eigenvalue weighted by Gasteiger charge is 2.34. The summed E-state index contributed by atoms with van der Waals surface area (Å²) in [7, 11) is -4.36. The Morgan fingerprint density at radius 3 is 1.28 bits per heavy atom. The minimum atomic E-state index is -5.55. The molecule has 1 rings (SSSR count). The van der Waals surface area contributed by atoms with E-state index in [4.69, 9.17) is 0 Å². The summed E-state index contributed by atoms with van der Waals surface area (Å²) in [4.78, 5) is 25.8. The van der Waals surface area contributed by atoms with Gasteiger partial charge in [0.05, 0.1) is 51.9 Å². The molecule has 12 nitrogen and oxygen atoms in total. The van der Waals surface area contributed by atoms with E-state index in [0.29, 0.717) is 21.8 Å². The van der Waals surface area contributed by atoms with Crippen molar-refractivity contribution in [2.24, 2.45) is 0 Å². The Bertz CT molecular complexity index is 841. The average Bonchev–Trinajstić information content (AvgIpc) is 2.58. The Morgan fingerprint density at radius 2 is 1.10 bits per heavy atom. The summed E-state index contributed by atoms with van der Waals surface area (Å²) < 4.78 is 32.5. The van der Waals surface area contributed by atoms with E-state index in [1.807, 2.05) is 0 Å². The maximum Gasteiger partial charge on any atom is 0.300 e. The topological polar surface area (TPSA) is 187 Å². The zero-order chi connectivity index (χ0) is 23.3. The number of hydrogen-bond acceptors (Lipinski definition) is 9. The molecule has 0 N–H and O–H groups in total. The van der Waals surface area contributed by atoms with Crippen molar-refractivity contribution in [2.75, 3.05) is 25.0 Å². The molecular formula is C14H22N3O9S3+. The highest BCUT2D eigenvalue weighted by molar-refractivity contribution is 7.99. The van der Waals surface area contributed by atoms with Crippen molar-refractivity contribution < 1.29 is 27.7 Å². The molecule has 0 aliphatic rings. The molecule has 1 aromatic rings. The highest BCUT2D eigenvalue weighted by atomic mass is 32.2. The minimum absolute atomic E-state index is 0.164. The molecule has 2 atom stereocenters. The Morgan fingerprint density at radius 1 is 0.793 bits per heavy atom. The number of benzene rings is 1. The van der Waals surface area contributed by atoms with Crippen molar-refractivity contribution in [3.05, 3.63) is 42.5 Å². The van der Waals surface area contributed by atoms with Crippen molar-refractivity contribution in [3.63, 3.8) is 0 Å². The summed E-state index contributed by atoms with van der Waals surface area (Å²) in [6, 6.07) is 0.329. The fourth-order valence-corrected chi connectivity index (χ4v) is 5.63. The lowest BCUT2D eigenvalue weighted by atomic mass is 10.2. The SMILES string of the molecule is CC(C(C)[S+](C)C)[S+](C)C.O=[N+]([O-])c1cc([N+](=O)[O-])c(S(=O)(=O)[O-])c([N+](=O)[O-])c1. The molecule has 0 aliphatic heterocycles. The molecule has 0 amide bonds. The van der Waals surface area contributed by atoms with Gasteiger partial charge in [0, 0.05) is 0 Å². The molecule has 0 bridgehead atoms. The van der Waals surface area contributed by atoms with Crippen LogP contribution in [0.2, 0.25) is 0 Å². The van der Waals surface area contributed by atoms with Gasteiger partial charge in [-0.2, -0.15) is 0 Å². The van der Waals surface area contributed by atoms with Crippen LogP contribution in [-0.2, 0) is 31.9 Å². The van der Waals surface area contributed by atoms with Crippen molar-refractivity contribution in [1.82, 2.24) is 0 Å². The second-order valence-electron chi connectivity index (χ2n) is 6.21. The van der Waals surface area contributed by atoms with E-state index in [2.05, 4.69) is 38.9 Å². The highest BCUT2D eigenvalue weighted by Crippen LogP contribution is 2.36. The molecule has 15 heteroatoms. The van der Waals surface area contributed by atoms with Gasteiger partial charge in [0.1, 0.15) is 10.1 Å².